The third-order valence-corrected chi connectivity index (χ3v) is 9.25. The Labute approximate surface area is 235 Å². The normalized spacial score (nSPS) is 22.4. The molecule has 3 heterocycles. The molecular formula is C31H39N5O2S. The molecule has 1 aromatic heterocycles. The molecule has 0 aliphatic carbocycles. The Morgan fingerprint density at radius 1 is 1.05 bits per heavy atom. The van der Waals surface area contributed by atoms with Gasteiger partial charge in [-0.05, 0) is 31.4 Å². The van der Waals surface area contributed by atoms with E-state index in [2.05, 4.69) is 52.3 Å². The average Bonchev–Trinajstić information content (AvgIpc) is 3.66. The van der Waals surface area contributed by atoms with E-state index in [1.54, 1.807) is 25.3 Å². The number of thiazole rings is 1. The Balaban J connectivity index is 1.48. The summed E-state index contributed by atoms with van der Waals surface area (Å²) in [6, 6.07) is 20.0. The van der Waals surface area contributed by atoms with Gasteiger partial charge >= 0.3 is 0 Å². The summed E-state index contributed by atoms with van der Waals surface area (Å²) in [5.74, 6) is -0.0926. The van der Waals surface area contributed by atoms with Crippen LogP contribution in [0.15, 0.2) is 60.7 Å². The van der Waals surface area contributed by atoms with Crippen LogP contribution in [0.3, 0.4) is 0 Å². The van der Waals surface area contributed by atoms with E-state index in [9.17, 15) is 9.59 Å². The Bertz CT molecular complexity index is 1250. The summed E-state index contributed by atoms with van der Waals surface area (Å²) in [5, 5.41) is 10.8. The topological polar surface area (TPSA) is 86.4 Å². The molecule has 5 rings (SSSR count). The molecule has 2 aliphatic rings. The van der Waals surface area contributed by atoms with Gasteiger partial charge in [0.25, 0.3) is 0 Å². The number of rotatable bonds is 7. The number of likely N-dealkylation sites (N-methyl/N-ethyl adjacent to an activating group) is 1. The molecule has 5 atom stereocenters. The molecule has 0 bridgehead atoms. The van der Waals surface area contributed by atoms with Crippen LogP contribution in [0.1, 0.15) is 45.0 Å². The van der Waals surface area contributed by atoms with Gasteiger partial charge in [0.15, 0.2) is 0 Å². The Kier molecular flexibility index (Phi) is 7.89. The minimum Gasteiger partial charge on any atom is -0.342 e. The maximum absolute atomic E-state index is 14.1. The van der Waals surface area contributed by atoms with Gasteiger partial charge in [0.05, 0.1) is 22.7 Å². The van der Waals surface area contributed by atoms with E-state index >= 15 is 0 Å². The third-order valence-electron chi connectivity index (χ3n) is 8.02. The van der Waals surface area contributed by atoms with Crippen molar-refractivity contribution >= 4 is 23.2 Å². The molecule has 206 valence electrons. The number of hydrogen-bond acceptors (Lipinski definition) is 6. The summed E-state index contributed by atoms with van der Waals surface area (Å²) in [6.45, 7) is 9.28. The molecule has 2 fully saturated rings. The number of nitrogens with one attached hydrogen (secondary N) is 3. The Morgan fingerprint density at radius 2 is 1.69 bits per heavy atom. The number of nitrogens with zero attached hydrogens (tertiary/aromatic N) is 2. The SMILES string of the molecule is CN[C@@H](C)C(=O)N[C@H](C(=O)N1CC[C@H]2NC[C@H](c3nc(-c4ccccc4)c(-c4ccccc4)s3)[C@H]21)C(C)(C)C. The zero-order valence-corrected chi connectivity index (χ0v) is 24.2. The first-order valence-corrected chi connectivity index (χ1v) is 14.6. The van der Waals surface area contributed by atoms with Crippen molar-refractivity contribution in [2.45, 2.75) is 64.2 Å². The summed E-state index contributed by atoms with van der Waals surface area (Å²) in [4.78, 5) is 35.3. The predicted molar refractivity (Wildman–Crippen MR) is 158 cm³/mol. The van der Waals surface area contributed by atoms with Crippen LogP contribution in [-0.2, 0) is 9.59 Å². The first kappa shape index (κ1) is 27.5. The first-order chi connectivity index (χ1) is 18.7. The molecule has 2 amide bonds. The van der Waals surface area contributed by atoms with E-state index in [4.69, 9.17) is 4.98 Å². The highest BCUT2D eigenvalue weighted by atomic mass is 32.1. The lowest BCUT2D eigenvalue weighted by Gasteiger charge is -2.37. The monoisotopic (exact) mass is 545 g/mol. The van der Waals surface area contributed by atoms with E-state index in [1.165, 1.54) is 0 Å². The van der Waals surface area contributed by atoms with Gasteiger partial charge in [-0.3, -0.25) is 9.59 Å². The van der Waals surface area contributed by atoms with Crippen molar-refractivity contribution in [2.75, 3.05) is 20.1 Å². The van der Waals surface area contributed by atoms with Gasteiger partial charge in [0, 0.05) is 30.6 Å². The van der Waals surface area contributed by atoms with Crippen molar-refractivity contribution in [3.05, 3.63) is 65.7 Å². The number of carbonyl (C=O) groups excluding carboxylic acids is 2. The van der Waals surface area contributed by atoms with Crippen molar-refractivity contribution in [2.24, 2.45) is 5.41 Å². The molecule has 2 saturated heterocycles. The maximum Gasteiger partial charge on any atom is 0.246 e. The average molecular weight is 546 g/mol. The Morgan fingerprint density at radius 3 is 2.31 bits per heavy atom. The number of carbonyl (C=O) groups is 2. The second-order valence-electron chi connectivity index (χ2n) is 11.7. The molecule has 0 unspecified atom stereocenters. The predicted octanol–water partition coefficient (Wildman–Crippen LogP) is 4.27. The van der Waals surface area contributed by atoms with E-state index in [-0.39, 0.29) is 35.9 Å². The minimum absolute atomic E-state index is 0.000581. The second-order valence-corrected chi connectivity index (χ2v) is 12.7. The van der Waals surface area contributed by atoms with Crippen LogP contribution < -0.4 is 16.0 Å². The highest BCUT2D eigenvalue weighted by Crippen LogP contribution is 2.44. The summed E-state index contributed by atoms with van der Waals surface area (Å²) >= 11 is 1.73. The highest BCUT2D eigenvalue weighted by Gasteiger charge is 2.50. The Hall–Kier alpha value is -3.07. The van der Waals surface area contributed by atoms with Crippen molar-refractivity contribution in [3.8, 4) is 21.7 Å². The van der Waals surface area contributed by atoms with Gasteiger partial charge in [0.1, 0.15) is 11.0 Å². The molecule has 2 aromatic carbocycles. The lowest BCUT2D eigenvalue weighted by molar-refractivity contribution is -0.140. The largest absolute Gasteiger partial charge is 0.342 e. The fourth-order valence-electron chi connectivity index (χ4n) is 5.71. The number of benzene rings is 2. The quantitative estimate of drug-likeness (QED) is 0.413. The molecule has 39 heavy (non-hydrogen) atoms. The second kappa shape index (κ2) is 11.2. The summed E-state index contributed by atoms with van der Waals surface area (Å²) in [7, 11) is 1.75. The maximum atomic E-state index is 14.1. The summed E-state index contributed by atoms with van der Waals surface area (Å²) < 4.78 is 0. The van der Waals surface area contributed by atoms with Gasteiger partial charge in [-0.25, -0.2) is 4.98 Å². The standard InChI is InChI=1S/C31H39N5O2S/c1-19(32-5)28(37)35-27(31(2,3)4)30(38)36-17-16-23-25(36)22(18-33-23)29-34-24(20-12-8-6-9-13-20)26(39-29)21-14-10-7-11-15-21/h6-15,19,22-23,25,27,32-33H,16-18H2,1-5H3,(H,35,37)/t19-,22-,23+,25+,27+/m0/s1. The molecule has 3 aromatic rings. The van der Waals surface area contributed by atoms with Crippen LogP contribution in [0.4, 0.5) is 0 Å². The van der Waals surface area contributed by atoms with Crippen molar-refractivity contribution in [1.29, 1.82) is 0 Å². The van der Waals surface area contributed by atoms with E-state index in [0.29, 0.717) is 6.54 Å². The van der Waals surface area contributed by atoms with Gasteiger partial charge in [-0.15, -0.1) is 11.3 Å². The van der Waals surface area contributed by atoms with Crippen LogP contribution in [0.5, 0.6) is 0 Å². The van der Waals surface area contributed by atoms with Gasteiger partial charge < -0.3 is 20.9 Å². The highest BCUT2D eigenvalue weighted by molar-refractivity contribution is 7.15. The fraction of sp³-hybridized carbons (Fsp3) is 0.452. The molecule has 3 N–H and O–H groups in total. The fourth-order valence-corrected chi connectivity index (χ4v) is 6.94. The molecule has 0 spiro atoms. The van der Waals surface area contributed by atoms with Crippen molar-refractivity contribution in [3.63, 3.8) is 0 Å². The first-order valence-electron chi connectivity index (χ1n) is 13.8. The molecule has 0 saturated carbocycles. The van der Waals surface area contributed by atoms with Crippen LogP contribution in [0.25, 0.3) is 21.7 Å². The van der Waals surface area contributed by atoms with Crippen LogP contribution in [0.2, 0.25) is 0 Å². The lowest BCUT2D eigenvalue weighted by atomic mass is 9.85. The zero-order valence-electron chi connectivity index (χ0n) is 23.4. The summed E-state index contributed by atoms with van der Waals surface area (Å²) in [6.07, 6.45) is 0.896. The molecule has 7 nitrogen and oxygen atoms in total. The smallest absolute Gasteiger partial charge is 0.246 e. The molecule has 2 aliphatic heterocycles. The van der Waals surface area contributed by atoms with Crippen LogP contribution >= 0.6 is 11.3 Å². The van der Waals surface area contributed by atoms with Crippen LogP contribution in [-0.4, -0.2) is 66.0 Å². The van der Waals surface area contributed by atoms with Crippen molar-refractivity contribution < 1.29 is 9.59 Å². The number of hydrogen-bond donors (Lipinski definition) is 3. The van der Waals surface area contributed by atoms with Gasteiger partial charge in [0.2, 0.25) is 11.8 Å². The number of fused-ring (bicyclic) bond motifs is 1. The molecule has 8 heteroatoms. The third kappa shape index (κ3) is 5.51. The zero-order chi connectivity index (χ0) is 27.7. The van der Waals surface area contributed by atoms with E-state index in [1.807, 2.05) is 49.9 Å². The van der Waals surface area contributed by atoms with Crippen molar-refractivity contribution in [1.82, 2.24) is 25.8 Å². The minimum atomic E-state index is -0.614. The number of aromatic nitrogens is 1. The molecule has 0 radical (unpaired) electrons. The van der Waals surface area contributed by atoms with E-state index < -0.39 is 11.5 Å². The molecular weight excluding hydrogens is 506 g/mol. The summed E-state index contributed by atoms with van der Waals surface area (Å²) in [5.41, 5.74) is 2.80. The number of amides is 2. The number of likely N-dealkylation sites (tertiary alicyclic amines) is 1. The van der Waals surface area contributed by atoms with Gasteiger partial charge in [-0.1, -0.05) is 81.4 Å². The van der Waals surface area contributed by atoms with Gasteiger partial charge in [-0.2, -0.15) is 0 Å². The lowest BCUT2D eigenvalue weighted by Crippen LogP contribution is -2.58. The van der Waals surface area contributed by atoms with Crippen LogP contribution in [0, 0.1) is 5.41 Å². The van der Waals surface area contributed by atoms with E-state index in [0.717, 1.165) is 39.7 Å².